The molecule has 0 fully saturated rings. The fraction of sp³-hybridized carbons (Fsp3) is 0.0323. The van der Waals surface area contributed by atoms with Crippen molar-refractivity contribution in [3.8, 4) is 11.1 Å². The molecule has 33 heavy (non-hydrogen) atoms. The van der Waals surface area contributed by atoms with Crippen LogP contribution in [0.2, 0.25) is 0 Å². The molecule has 0 spiro atoms. The van der Waals surface area contributed by atoms with Crippen LogP contribution in [0, 0.1) is 0 Å². The summed E-state index contributed by atoms with van der Waals surface area (Å²) in [5.74, 6) is 0. The summed E-state index contributed by atoms with van der Waals surface area (Å²) in [7, 11) is 2.15. The van der Waals surface area contributed by atoms with Gasteiger partial charge in [0.15, 0.2) is 0 Å². The van der Waals surface area contributed by atoms with E-state index in [1.165, 1.54) is 32.9 Å². The van der Waals surface area contributed by atoms with Gasteiger partial charge in [0.05, 0.1) is 0 Å². The van der Waals surface area contributed by atoms with Gasteiger partial charge < -0.3 is 9.47 Å². The molecule has 6 rings (SSSR count). The second-order valence-corrected chi connectivity index (χ2v) is 8.36. The highest BCUT2D eigenvalue weighted by Gasteiger charge is 2.14. The molecule has 158 valence electrons. The minimum atomic E-state index is 1.14. The Morgan fingerprint density at radius 3 is 1.76 bits per heavy atom. The zero-order valence-electron chi connectivity index (χ0n) is 18.5. The SMILES string of the molecule is Cn1c2ccccc2c2ccc(-c3cccc(N(c4ccccc4)c4ccccc4)c3)cc21. The van der Waals surface area contributed by atoms with E-state index in [0.29, 0.717) is 0 Å². The maximum atomic E-state index is 2.31. The molecule has 0 atom stereocenters. The molecule has 1 aromatic heterocycles. The maximum Gasteiger partial charge on any atom is 0.0494 e. The van der Waals surface area contributed by atoms with Crippen LogP contribution in [-0.2, 0) is 7.05 Å². The first kappa shape index (κ1) is 19.4. The van der Waals surface area contributed by atoms with Gasteiger partial charge in [-0.1, -0.05) is 78.9 Å². The predicted octanol–water partition coefficient (Wildman–Crippen LogP) is 8.47. The highest BCUT2D eigenvalue weighted by Crippen LogP contribution is 2.37. The second-order valence-electron chi connectivity index (χ2n) is 8.36. The molecule has 0 saturated heterocycles. The van der Waals surface area contributed by atoms with Crippen LogP contribution in [0.25, 0.3) is 32.9 Å². The number of para-hydroxylation sites is 3. The van der Waals surface area contributed by atoms with Crippen molar-refractivity contribution >= 4 is 38.9 Å². The van der Waals surface area contributed by atoms with Crippen LogP contribution in [-0.4, -0.2) is 4.57 Å². The van der Waals surface area contributed by atoms with Crippen LogP contribution >= 0.6 is 0 Å². The average Bonchev–Trinajstić information content (AvgIpc) is 3.17. The van der Waals surface area contributed by atoms with E-state index in [4.69, 9.17) is 0 Å². The number of hydrogen-bond acceptors (Lipinski definition) is 1. The quantitative estimate of drug-likeness (QED) is 0.275. The van der Waals surface area contributed by atoms with E-state index < -0.39 is 0 Å². The Labute approximate surface area is 194 Å². The molecule has 0 aliphatic heterocycles. The van der Waals surface area contributed by atoms with Crippen molar-refractivity contribution < 1.29 is 0 Å². The molecule has 2 heteroatoms. The Balaban J connectivity index is 1.49. The van der Waals surface area contributed by atoms with Gasteiger partial charge in [0.1, 0.15) is 0 Å². The lowest BCUT2D eigenvalue weighted by molar-refractivity contribution is 1.01. The number of hydrogen-bond donors (Lipinski definition) is 0. The van der Waals surface area contributed by atoms with Crippen LogP contribution < -0.4 is 4.90 Å². The number of anilines is 3. The molecule has 2 nitrogen and oxygen atoms in total. The lowest BCUT2D eigenvalue weighted by Crippen LogP contribution is -2.09. The summed E-state index contributed by atoms with van der Waals surface area (Å²) in [4.78, 5) is 2.30. The molecule has 0 amide bonds. The molecule has 0 unspecified atom stereocenters. The lowest BCUT2D eigenvalue weighted by Gasteiger charge is -2.25. The Kier molecular flexibility index (Phi) is 4.70. The van der Waals surface area contributed by atoms with E-state index in [1.54, 1.807) is 0 Å². The van der Waals surface area contributed by atoms with E-state index in [1.807, 2.05) is 0 Å². The number of aromatic nitrogens is 1. The average molecular weight is 425 g/mol. The van der Waals surface area contributed by atoms with E-state index in [9.17, 15) is 0 Å². The Hall–Kier alpha value is -4.30. The standard InChI is InChI=1S/C31H24N2/c1-32-30-18-9-8-17-28(30)29-20-19-24(22-31(29)32)23-11-10-16-27(21-23)33(25-12-4-2-5-13-25)26-14-6-3-7-15-26/h2-22H,1H3. The fourth-order valence-corrected chi connectivity index (χ4v) is 4.77. The zero-order valence-corrected chi connectivity index (χ0v) is 18.5. The third-order valence-corrected chi connectivity index (χ3v) is 6.38. The molecular formula is C31H24N2. The van der Waals surface area contributed by atoms with Gasteiger partial charge in [-0.15, -0.1) is 0 Å². The molecule has 0 bridgehead atoms. The van der Waals surface area contributed by atoms with Crippen molar-refractivity contribution in [3.63, 3.8) is 0 Å². The monoisotopic (exact) mass is 424 g/mol. The van der Waals surface area contributed by atoms with Crippen LogP contribution in [0.3, 0.4) is 0 Å². The maximum absolute atomic E-state index is 2.31. The van der Waals surface area contributed by atoms with E-state index in [-0.39, 0.29) is 0 Å². The van der Waals surface area contributed by atoms with Crippen molar-refractivity contribution in [2.75, 3.05) is 4.90 Å². The van der Waals surface area contributed by atoms with Gasteiger partial charge in [-0.3, -0.25) is 0 Å². The van der Waals surface area contributed by atoms with Crippen molar-refractivity contribution in [3.05, 3.63) is 127 Å². The number of benzene rings is 5. The third-order valence-electron chi connectivity index (χ3n) is 6.38. The highest BCUT2D eigenvalue weighted by molar-refractivity contribution is 6.09. The van der Waals surface area contributed by atoms with Crippen molar-refractivity contribution in [2.24, 2.45) is 7.05 Å². The first-order valence-corrected chi connectivity index (χ1v) is 11.3. The van der Waals surface area contributed by atoms with Crippen LogP contribution in [0.15, 0.2) is 127 Å². The van der Waals surface area contributed by atoms with E-state index >= 15 is 0 Å². The second kappa shape index (κ2) is 7.99. The number of rotatable bonds is 4. The molecule has 0 aliphatic rings. The molecule has 0 aliphatic carbocycles. The number of nitrogens with zero attached hydrogens (tertiary/aromatic N) is 2. The Bertz CT molecular complexity index is 1520. The lowest BCUT2D eigenvalue weighted by atomic mass is 10.0. The smallest absolute Gasteiger partial charge is 0.0494 e. The molecular weight excluding hydrogens is 400 g/mol. The Morgan fingerprint density at radius 2 is 1.03 bits per heavy atom. The highest BCUT2D eigenvalue weighted by atomic mass is 15.1. The first-order chi connectivity index (χ1) is 16.3. The largest absolute Gasteiger partial charge is 0.344 e. The van der Waals surface area contributed by atoms with Gasteiger partial charge in [-0.2, -0.15) is 0 Å². The minimum absolute atomic E-state index is 1.14. The van der Waals surface area contributed by atoms with Crippen molar-refractivity contribution in [1.29, 1.82) is 0 Å². The predicted molar refractivity (Wildman–Crippen MR) is 141 cm³/mol. The Morgan fingerprint density at radius 1 is 0.455 bits per heavy atom. The van der Waals surface area contributed by atoms with Gasteiger partial charge >= 0.3 is 0 Å². The van der Waals surface area contributed by atoms with Crippen molar-refractivity contribution in [1.82, 2.24) is 4.57 Å². The van der Waals surface area contributed by atoms with Gasteiger partial charge in [0.2, 0.25) is 0 Å². The van der Waals surface area contributed by atoms with Crippen LogP contribution in [0.5, 0.6) is 0 Å². The van der Waals surface area contributed by atoms with Crippen molar-refractivity contribution in [2.45, 2.75) is 0 Å². The summed E-state index contributed by atoms with van der Waals surface area (Å²) in [6.45, 7) is 0. The van der Waals surface area contributed by atoms with Crippen LogP contribution in [0.1, 0.15) is 0 Å². The summed E-state index contributed by atoms with van der Waals surface area (Å²) in [5.41, 5.74) is 8.37. The zero-order chi connectivity index (χ0) is 22.2. The van der Waals surface area contributed by atoms with Gasteiger partial charge in [0.25, 0.3) is 0 Å². The third kappa shape index (κ3) is 3.37. The fourth-order valence-electron chi connectivity index (χ4n) is 4.77. The minimum Gasteiger partial charge on any atom is -0.344 e. The van der Waals surface area contributed by atoms with Gasteiger partial charge in [-0.05, 0) is 59.7 Å². The molecule has 0 N–H and O–H groups in total. The van der Waals surface area contributed by atoms with E-state index in [0.717, 1.165) is 17.1 Å². The van der Waals surface area contributed by atoms with Gasteiger partial charge in [0, 0.05) is 45.9 Å². The van der Waals surface area contributed by atoms with Crippen LogP contribution in [0.4, 0.5) is 17.1 Å². The summed E-state index contributed by atoms with van der Waals surface area (Å²) < 4.78 is 2.29. The van der Waals surface area contributed by atoms with Gasteiger partial charge in [-0.25, -0.2) is 0 Å². The molecule has 5 aromatic carbocycles. The molecule has 0 radical (unpaired) electrons. The summed E-state index contributed by atoms with van der Waals surface area (Å²) >= 11 is 0. The normalized spacial score (nSPS) is 11.2. The summed E-state index contributed by atoms with van der Waals surface area (Å²) in [5, 5.41) is 2.60. The van der Waals surface area contributed by atoms with E-state index in [2.05, 4.69) is 144 Å². The topological polar surface area (TPSA) is 8.17 Å². The summed E-state index contributed by atoms with van der Waals surface area (Å²) in [6.07, 6.45) is 0. The summed E-state index contributed by atoms with van der Waals surface area (Å²) in [6, 6.07) is 45.3. The molecule has 0 saturated carbocycles. The number of aryl methyl sites for hydroxylation is 1. The molecule has 6 aromatic rings. The first-order valence-electron chi connectivity index (χ1n) is 11.3. The molecule has 1 heterocycles. The number of fused-ring (bicyclic) bond motifs is 3.